The van der Waals surface area contributed by atoms with Gasteiger partial charge in [-0.1, -0.05) is 6.07 Å². The molecule has 0 radical (unpaired) electrons. The molecular weight excluding hydrogens is 390 g/mol. The number of carboxylic acid groups (broad SMARTS) is 1. The van der Waals surface area contributed by atoms with Crippen molar-refractivity contribution in [3.63, 3.8) is 0 Å². The Bertz CT molecular complexity index is 1320. The molecule has 3 rings (SSSR count). The molecule has 0 spiro atoms. The van der Waals surface area contributed by atoms with Crippen molar-refractivity contribution < 1.29 is 28.2 Å². The number of hydrogen-bond acceptors (Lipinski definition) is 6. The van der Waals surface area contributed by atoms with E-state index in [2.05, 4.69) is 5.32 Å². The largest absolute Gasteiger partial charge is 0.505 e. The highest BCUT2D eigenvalue weighted by Gasteiger charge is 2.25. The van der Waals surface area contributed by atoms with E-state index in [9.17, 15) is 27.9 Å². The number of hydrogen-bond donors (Lipinski definition) is 3. The lowest BCUT2D eigenvalue weighted by atomic mass is 10.2. The highest BCUT2D eigenvalue weighted by atomic mass is 32.2. The molecule has 148 valence electrons. The monoisotopic (exact) mass is 407 g/mol. The third-order valence-electron chi connectivity index (χ3n) is 4.41. The average molecular weight is 407 g/mol. The van der Waals surface area contributed by atoms with E-state index in [0.29, 0.717) is 10.9 Å². The van der Waals surface area contributed by atoms with Crippen LogP contribution >= 0.6 is 0 Å². The third-order valence-corrected chi connectivity index (χ3v) is 5.52. The predicted octanol–water partition coefficient (Wildman–Crippen LogP) is 0.103. The van der Waals surface area contributed by atoms with Gasteiger partial charge in [0.1, 0.15) is 17.1 Å². The summed E-state index contributed by atoms with van der Waals surface area (Å²) in [6.45, 7) is 1.22. The summed E-state index contributed by atoms with van der Waals surface area (Å²) < 4.78 is 26.0. The fourth-order valence-electron chi connectivity index (χ4n) is 2.91. The lowest BCUT2D eigenvalue weighted by Crippen LogP contribution is -2.41. The van der Waals surface area contributed by atoms with Crippen LogP contribution in [0.3, 0.4) is 0 Å². The van der Waals surface area contributed by atoms with Gasteiger partial charge in [0, 0.05) is 18.7 Å². The second kappa shape index (κ2) is 6.37. The predicted molar refractivity (Wildman–Crippen MR) is 99.5 cm³/mol. The van der Waals surface area contributed by atoms with Crippen LogP contribution in [0.2, 0.25) is 0 Å². The lowest BCUT2D eigenvalue weighted by Gasteiger charge is -2.13. The first-order valence-electron chi connectivity index (χ1n) is 8.04. The van der Waals surface area contributed by atoms with E-state index < -0.39 is 44.6 Å². The Morgan fingerprint density at radius 1 is 1.18 bits per heavy atom. The standard InChI is InChI=1S/C17H17N3O7S/c1-8(17(24)25)18-15(22)13-14(21)12-6-9-4-5-10(28(3,26)27)7-11(9)20(12)19(2)16(13)23/h4-8,21H,1-3H3,(H,18,22)(H,24,25)/t8-/m0/s1. The minimum atomic E-state index is -3.50. The molecule has 0 fully saturated rings. The molecule has 3 aromatic rings. The van der Waals surface area contributed by atoms with Gasteiger partial charge in [0.2, 0.25) is 0 Å². The normalized spacial score (nSPS) is 13.0. The second-order valence-corrected chi connectivity index (χ2v) is 8.44. The molecule has 10 nitrogen and oxygen atoms in total. The fraction of sp³-hybridized carbons (Fsp3) is 0.235. The zero-order valence-electron chi connectivity index (χ0n) is 15.1. The van der Waals surface area contributed by atoms with Crippen molar-refractivity contribution in [2.45, 2.75) is 17.9 Å². The number of benzene rings is 1. The Kier molecular flexibility index (Phi) is 4.42. The van der Waals surface area contributed by atoms with Crippen LogP contribution < -0.4 is 10.9 Å². The zero-order valence-corrected chi connectivity index (χ0v) is 15.9. The number of aromatic hydroxyl groups is 1. The van der Waals surface area contributed by atoms with Gasteiger partial charge in [-0.05, 0) is 25.1 Å². The Balaban J connectivity index is 2.32. The van der Waals surface area contributed by atoms with Crippen molar-refractivity contribution >= 4 is 38.1 Å². The molecule has 0 aliphatic rings. The molecule has 28 heavy (non-hydrogen) atoms. The van der Waals surface area contributed by atoms with Gasteiger partial charge in [-0.15, -0.1) is 0 Å². The number of nitrogens with zero attached hydrogens (tertiary/aromatic N) is 2. The Hall–Kier alpha value is -3.34. The molecule has 0 aliphatic carbocycles. The van der Waals surface area contributed by atoms with Crippen LogP contribution in [0.1, 0.15) is 17.3 Å². The molecule has 0 saturated heterocycles. The molecule has 3 N–H and O–H groups in total. The summed E-state index contributed by atoms with van der Waals surface area (Å²) in [5.41, 5.74) is -1.04. The molecule has 2 heterocycles. The highest BCUT2D eigenvalue weighted by Crippen LogP contribution is 2.29. The lowest BCUT2D eigenvalue weighted by molar-refractivity contribution is -0.138. The van der Waals surface area contributed by atoms with Crippen LogP contribution in [-0.2, 0) is 21.7 Å². The van der Waals surface area contributed by atoms with E-state index >= 15 is 0 Å². The van der Waals surface area contributed by atoms with E-state index in [0.717, 1.165) is 10.9 Å². The van der Waals surface area contributed by atoms with Crippen LogP contribution in [-0.4, -0.2) is 52.0 Å². The first-order chi connectivity index (χ1) is 12.9. The molecular formula is C17H17N3O7S. The number of amides is 1. The molecule has 1 aromatic carbocycles. The number of aromatic nitrogens is 2. The van der Waals surface area contributed by atoms with Crippen LogP contribution in [0.25, 0.3) is 16.4 Å². The van der Waals surface area contributed by atoms with Crippen LogP contribution in [0.15, 0.2) is 34.0 Å². The van der Waals surface area contributed by atoms with Crippen molar-refractivity contribution in [3.05, 3.63) is 40.2 Å². The summed E-state index contributed by atoms with van der Waals surface area (Å²) >= 11 is 0. The van der Waals surface area contributed by atoms with Crippen molar-refractivity contribution in [3.8, 4) is 5.75 Å². The number of carbonyl (C=O) groups excluding carboxylic acids is 1. The summed E-state index contributed by atoms with van der Waals surface area (Å²) in [7, 11) is -2.15. The van der Waals surface area contributed by atoms with Gasteiger partial charge >= 0.3 is 5.97 Å². The number of nitrogens with one attached hydrogen (secondary N) is 1. The summed E-state index contributed by atoms with van der Waals surface area (Å²) in [6, 6.07) is 4.51. The first-order valence-corrected chi connectivity index (χ1v) is 9.93. The maximum Gasteiger partial charge on any atom is 0.325 e. The van der Waals surface area contributed by atoms with E-state index in [1.807, 2.05) is 0 Å². The van der Waals surface area contributed by atoms with Gasteiger partial charge in [-0.3, -0.25) is 14.4 Å². The minimum Gasteiger partial charge on any atom is -0.505 e. The number of aliphatic carboxylic acids is 1. The smallest absolute Gasteiger partial charge is 0.325 e. The van der Waals surface area contributed by atoms with E-state index in [1.165, 1.54) is 42.8 Å². The molecule has 2 aromatic heterocycles. The molecule has 0 bridgehead atoms. The summed E-state index contributed by atoms with van der Waals surface area (Å²) in [4.78, 5) is 36.0. The van der Waals surface area contributed by atoms with E-state index in [1.54, 1.807) is 0 Å². The summed E-state index contributed by atoms with van der Waals surface area (Å²) in [6.07, 6.45) is 1.05. The van der Waals surface area contributed by atoms with Gasteiger partial charge in [-0.2, -0.15) is 0 Å². The number of fused-ring (bicyclic) bond motifs is 3. The molecule has 11 heteroatoms. The zero-order chi connectivity index (χ0) is 21.0. The Labute approximate surface area is 158 Å². The van der Waals surface area contributed by atoms with Crippen LogP contribution in [0.4, 0.5) is 0 Å². The molecule has 0 saturated carbocycles. The quantitative estimate of drug-likeness (QED) is 0.556. The van der Waals surface area contributed by atoms with Gasteiger partial charge in [0.15, 0.2) is 15.6 Å². The number of rotatable bonds is 4. The SMILES string of the molecule is C[C@H](NC(=O)c1c(O)c2cc3ccc(S(C)(=O)=O)cc3n2n(C)c1=O)C(=O)O. The van der Waals surface area contributed by atoms with Crippen LogP contribution in [0.5, 0.6) is 5.75 Å². The van der Waals surface area contributed by atoms with Crippen molar-refractivity contribution in [1.82, 2.24) is 14.5 Å². The molecule has 0 aliphatic heterocycles. The maximum atomic E-state index is 12.7. The second-order valence-electron chi connectivity index (χ2n) is 6.42. The van der Waals surface area contributed by atoms with Gasteiger partial charge < -0.3 is 15.5 Å². The Morgan fingerprint density at radius 2 is 1.82 bits per heavy atom. The number of carbonyl (C=O) groups is 2. The molecule has 1 amide bonds. The fourth-order valence-corrected chi connectivity index (χ4v) is 3.55. The van der Waals surface area contributed by atoms with E-state index in [4.69, 9.17) is 5.11 Å². The minimum absolute atomic E-state index is 0.0315. The van der Waals surface area contributed by atoms with E-state index in [-0.39, 0.29) is 10.4 Å². The molecule has 0 unspecified atom stereocenters. The average Bonchev–Trinajstić information content (AvgIpc) is 2.98. The van der Waals surface area contributed by atoms with Gasteiger partial charge in [-0.25, -0.2) is 17.6 Å². The van der Waals surface area contributed by atoms with Gasteiger partial charge in [0.25, 0.3) is 11.5 Å². The topological polar surface area (TPSA) is 147 Å². The van der Waals surface area contributed by atoms with Crippen molar-refractivity contribution in [1.29, 1.82) is 0 Å². The van der Waals surface area contributed by atoms with Crippen LogP contribution in [0, 0.1) is 0 Å². The third kappa shape index (κ3) is 2.99. The van der Waals surface area contributed by atoms with Gasteiger partial charge in [0.05, 0.1) is 10.4 Å². The summed E-state index contributed by atoms with van der Waals surface area (Å²) in [5.74, 6) is -2.96. The Morgan fingerprint density at radius 3 is 2.39 bits per heavy atom. The van der Waals surface area contributed by atoms with Crippen molar-refractivity contribution in [2.75, 3.05) is 6.26 Å². The number of sulfone groups is 1. The maximum absolute atomic E-state index is 12.7. The highest BCUT2D eigenvalue weighted by molar-refractivity contribution is 7.90. The summed E-state index contributed by atoms with van der Waals surface area (Å²) in [5, 5.41) is 22.1. The van der Waals surface area contributed by atoms with Crippen molar-refractivity contribution in [2.24, 2.45) is 7.05 Å². The number of aryl methyl sites for hydroxylation is 1. The number of carboxylic acids is 1. The molecule has 1 atom stereocenters. The first kappa shape index (κ1) is 19.4.